The number of nitrogen functional groups attached to an aromatic ring is 1. The SMILES string of the molecule is Nc1cccc(C(O)C(O)CS)n1. The first-order valence-electron chi connectivity index (χ1n) is 3.84. The number of hydrogen-bond donors (Lipinski definition) is 4. The molecule has 0 aromatic carbocycles. The first-order chi connectivity index (χ1) is 6.15. The molecule has 4 nitrogen and oxygen atoms in total. The normalized spacial score (nSPS) is 15.3. The summed E-state index contributed by atoms with van der Waals surface area (Å²) in [6.45, 7) is 0. The zero-order chi connectivity index (χ0) is 9.84. The summed E-state index contributed by atoms with van der Waals surface area (Å²) < 4.78 is 0. The Labute approximate surface area is 81.8 Å². The van der Waals surface area contributed by atoms with Gasteiger partial charge in [-0.05, 0) is 12.1 Å². The monoisotopic (exact) mass is 200 g/mol. The van der Waals surface area contributed by atoms with E-state index >= 15 is 0 Å². The molecule has 72 valence electrons. The number of aliphatic hydroxyl groups is 2. The molecule has 1 rings (SSSR count). The van der Waals surface area contributed by atoms with Crippen LogP contribution in [-0.4, -0.2) is 27.1 Å². The molecule has 0 saturated heterocycles. The maximum Gasteiger partial charge on any atom is 0.123 e. The van der Waals surface area contributed by atoms with Gasteiger partial charge in [0.25, 0.3) is 0 Å². The van der Waals surface area contributed by atoms with Gasteiger partial charge >= 0.3 is 0 Å². The Kier molecular flexibility index (Phi) is 3.53. The molecule has 0 radical (unpaired) electrons. The second-order valence-corrected chi connectivity index (χ2v) is 3.05. The largest absolute Gasteiger partial charge is 0.389 e. The summed E-state index contributed by atoms with van der Waals surface area (Å²) >= 11 is 3.86. The van der Waals surface area contributed by atoms with E-state index in [1.807, 2.05) is 0 Å². The number of nitrogens with two attached hydrogens (primary N) is 1. The van der Waals surface area contributed by atoms with Gasteiger partial charge < -0.3 is 15.9 Å². The van der Waals surface area contributed by atoms with E-state index in [2.05, 4.69) is 17.6 Å². The van der Waals surface area contributed by atoms with Gasteiger partial charge in [0.05, 0.1) is 11.8 Å². The molecule has 0 saturated carbocycles. The van der Waals surface area contributed by atoms with Crippen LogP contribution in [0.2, 0.25) is 0 Å². The molecule has 0 aliphatic heterocycles. The number of aromatic nitrogens is 1. The minimum atomic E-state index is -1.03. The third-order valence-corrected chi connectivity index (χ3v) is 2.02. The van der Waals surface area contributed by atoms with Crippen molar-refractivity contribution in [2.45, 2.75) is 12.2 Å². The second-order valence-electron chi connectivity index (χ2n) is 2.68. The maximum atomic E-state index is 9.50. The number of hydrogen-bond acceptors (Lipinski definition) is 5. The van der Waals surface area contributed by atoms with Crippen LogP contribution in [0.1, 0.15) is 11.8 Å². The quantitative estimate of drug-likeness (QED) is 0.517. The van der Waals surface area contributed by atoms with Crippen LogP contribution in [0.4, 0.5) is 5.82 Å². The summed E-state index contributed by atoms with van der Waals surface area (Å²) in [6.07, 6.45) is -1.95. The standard InChI is InChI=1S/C8H12N2O2S/c9-7-3-1-2-5(10-7)8(12)6(11)4-13/h1-3,6,8,11-13H,4H2,(H2,9,10). The summed E-state index contributed by atoms with van der Waals surface area (Å²) in [5, 5.41) is 18.8. The highest BCUT2D eigenvalue weighted by Gasteiger charge is 2.17. The molecular formula is C8H12N2O2S. The summed E-state index contributed by atoms with van der Waals surface area (Å²) in [4.78, 5) is 3.88. The van der Waals surface area contributed by atoms with Crippen LogP contribution in [-0.2, 0) is 0 Å². The molecule has 1 heterocycles. The third kappa shape index (κ3) is 2.58. The molecule has 0 aliphatic rings. The lowest BCUT2D eigenvalue weighted by atomic mass is 10.1. The molecule has 2 atom stereocenters. The molecule has 0 spiro atoms. The van der Waals surface area contributed by atoms with Crippen molar-refractivity contribution >= 4 is 18.4 Å². The van der Waals surface area contributed by atoms with Gasteiger partial charge in [-0.1, -0.05) is 6.07 Å². The first-order valence-corrected chi connectivity index (χ1v) is 4.48. The van der Waals surface area contributed by atoms with Crippen molar-refractivity contribution in [3.63, 3.8) is 0 Å². The molecule has 2 unspecified atom stereocenters. The van der Waals surface area contributed by atoms with Crippen LogP contribution < -0.4 is 5.73 Å². The highest BCUT2D eigenvalue weighted by atomic mass is 32.1. The van der Waals surface area contributed by atoms with E-state index < -0.39 is 12.2 Å². The van der Waals surface area contributed by atoms with E-state index in [0.717, 1.165) is 0 Å². The third-order valence-electron chi connectivity index (χ3n) is 1.65. The van der Waals surface area contributed by atoms with Gasteiger partial charge in [0.1, 0.15) is 11.9 Å². The number of rotatable bonds is 3. The molecule has 0 fully saturated rings. The Hall–Kier alpha value is -0.780. The fraction of sp³-hybridized carbons (Fsp3) is 0.375. The minimum Gasteiger partial charge on any atom is -0.389 e. The van der Waals surface area contributed by atoms with Gasteiger partial charge in [-0.3, -0.25) is 0 Å². The van der Waals surface area contributed by atoms with Crippen molar-refractivity contribution < 1.29 is 10.2 Å². The number of thiol groups is 1. The predicted molar refractivity (Wildman–Crippen MR) is 53.5 cm³/mol. The van der Waals surface area contributed by atoms with Crippen LogP contribution in [0.5, 0.6) is 0 Å². The van der Waals surface area contributed by atoms with Gasteiger partial charge in [-0.25, -0.2) is 4.98 Å². The Morgan fingerprint density at radius 2 is 2.15 bits per heavy atom. The summed E-state index contributed by atoms with van der Waals surface area (Å²) in [7, 11) is 0. The molecule has 4 N–H and O–H groups in total. The van der Waals surface area contributed by atoms with E-state index in [4.69, 9.17) is 5.73 Å². The molecule has 0 bridgehead atoms. The van der Waals surface area contributed by atoms with Crippen LogP contribution in [0.25, 0.3) is 0 Å². The van der Waals surface area contributed by atoms with Crippen LogP contribution in [0.3, 0.4) is 0 Å². The zero-order valence-corrected chi connectivity index (χ0v) is 7.85. The summed E-state index contributed by atoms with van der Waals surface area (Å²) in [5.74, 6) is 0.500. The number of anilines is 1. The second kappa shape index (κ2) is 4.45. The van der Waals surface area contributed by atoms with E-state index in [1.54, 1.807) is 18.2 Å². The topological polar surface area (TPSA) is 79.4 Å². The fourth-order valence-electron chi connectivity index (χ4n) is 0.931. The van der Waals surface area contributed by atoms with Crippen molar-refractivity contribution in [2.24, 2.45) is 0 Å². The lowest BCUT2D eigenvalue weighted by Crippen LogP contribution is -2.20. The van der Waals surface area contributed by atoms with Crippen LogP contribution in [0, 0.1) is 0 Å². The van der Waals surface area contributed by atoms with E-state index in [-0.39, 0.29) is 5.75 Å². The maximum absolute atomic E-state index is 9.50. The average molecular weight is 200 g/mol. The molecule has 5 heteroatoms. The van der Waals surface area contributed by atoms with Gasteiger partial charge in [0.2, 0.25) is 0 Å². The predicted octanol–water partition coefficient (Wildman–Crippen LogP) is -0.0121. The number of pyridine rings is 1. The number of nitrogens with zero attached hydrogens (tertiary/aromatic N) is 1. The fourth-order valence-corrected chi connectivity index (χ4v) is 1.13. The Morgan fingerprint density at radius 1 is 1.46 bits per heavy atom. The van der Waals surface area contributed by atoms with Gasteiger partial charge in [-0.15, -0.1) is 0 Å². The Balaban J connectivity index is 2.82. The molecular weight excluding hydrogens is 188 g/mol. The average Bonchev–Trinajstić information content (AvgIpc) is 2.15. The first kappa shape index (κ1) is 10.3. The Morgan fingerprint density at radius 3 is 2.69 bits per heavy atom. The molecule has 0 aliphatic carbocycles. The van der Waals surface area contributed by atoms with Crippen LogP contribution >= 0.6 is 12.6 Å². The van der Waals surface area contributed by atoms with Crippen molar-refractivity contribution in [1.82, 2.24) is 4.98 Å². The molecule has 1 aromatic heterocycles. The molecule has 1 aromatic rings. The van der Waals surface area contributed by atoms with E-state index in [0.29, 0.717) is 11.5 Å². The molecule has 0 amide bonds. The van der Waals surface area contributed by atoms with Crippen molar-refractivity contribution in [2.75, 3.05) is 11.5 Å². The van der Waals surface area contributed by atoms with Crippen molar-refractivity contribution in [3.05, 3.63) is 23.9 Å². The van der Waals surface area contributed by atoms with Gasteiger partial charge in [-0.2, -0.15) is 12.6 Å². The van der Waals surface area contributed by atoms with Crippen LogP contribution in [0.15, 0.2) is 18.2 Å². The van der Waals surface area contributed by atoms with Crippen molar-refractivity contribution in [3.8, 4) is 0 Å². The van der Waals surface area contributed by atoms with E-state index in [9.17, 15) is 10.2 Å². The minimum absolute atomic E-state index is 0.178. The van der Waals surface area contributed by atoms with Crippen molar-refractivity contribution in [1.29, 1.82) is 0 Å². The highest BCUT2D eigenvalue weighted by molar-refractivity contribution is 7.80. The van der Waals surface area contributed by atoms with Gasteiger partial charge in [0.15, 0.2) is 0 Å². The smallest absolute Gasteiger partial charge is 0.123 e. The number of aliphatic hydroxyl groups excluding tert-OH is 2. The molecule has 13 heavy (non-hydrogen) atoms. The Bertz CT molecular complexity index is 283. The summed E-state index contributed by atoms with van der Waals surface area (Å²) in [6, 6.07) is 4.89. The lowest BCUT2D eigenvalue weighted by Gasteiger charge is -2.14. The summed E-state index contributed by atoms with van der Waals surface area (Å²) in [5.41, 5.74) is 5.78. The highest BCUT2D eigenvalue weighted by Crippen LogP contribution is 2.16. The van der Waals surface area contributed by atoms with Gasteiger partial charge in [0, 0.05) is 5.75 Å². The van der Waals surface area contributed by atoms with E-state index in [1.165, 1.54) is 0 Å². The zero-order valence-electron chi connectivity index (χ0n) is 6.96. The lowest BCUT2D eigenvalue weighted by molar-refractivity contribution is 0.0311.